The molecule has 0 aliphatic carbocycles. The van der Waals surface area contributed by atoms with Gasteiger partial charge in [-0.05, 0) is 51.6 Å². The Hall–Kier alpha value is -1.02. The summed E-state index contributed by atoms with van der Waals surface area (Å²) in [6.45, 7) is 8.49. The van der Waals surface area contributed by atoms with E-state index in [1.807, 2.05) is 12.1 Å². The summed E-state index contributed by atoms with van der Waals surface area (Å²) in [5, 5.41) is 6.56. The molecule has 0 atom stereocenters. The van der Waals surface area contributed by atoms with Gasteiger partial charge in [-0.15, -0.1) is 24.0 Å². The maximum absolute atomic E-state index is 5.74. The van der Waals surface area contributed by atoms with E-state index in [-0.39, 0.29) is 24.0 Å². The van der Waals surface area contributed by atoms with Gasteiger partial charge >= 0.3 is 0 Å². The Morgan fingerprint density at radius 2 is 1.83 bits per heavy atom. The number of aliphatic imine (C=N–C) groups is 1. The van der Waals surface area contributed by atoms with Crippen molar-refractivity contribution in [1.82, 2.24) is 15.5 Å². The zero-order valence-corrected chi connectivity index (χ0v) is 17.8. The van der Waals surface area contributed by atoms with Gasteiger partial charge in [-0.25, -0.2) is 4.99 Å². The van der Waals surface area contributed by atoms with E-state index < -0.39 is 0 Å². The van der Waals surface area contributed by atoms with Crippen LogP contribution in [0, 0.1) is 0 Å². The van der Waals surface area contributed by atoms with Crippen molar-refractivity contribution in [2.45, 2.75) is 33.2 Å². The molecule has 24 heavy (non-hydrogen) atoms. The number of rotatable bonds is 10. The van der Waals surface area contributed by atoms with Crippen molar-refractivity contribution in [3.63, 3.8) is 0 Å². The summed E-state index contributed by atoms with van der Waals surface area (Å²) < 4.78 is 5.74. The van der Waals surface area contributed by atoms with E-state index in [4.69, 9.17) is 4.74 Å². The Balaban J connectivity index is 0.00000529. The molecule has 2 N–H and O–H groups in total. The first-order valence-corrected chi connectivity index (χ1v) is 8.54. The molecule has 5 nitrogen and oxygen atoms in total. The Labute approximate surface area is 164 Å². The van der Waals surface area contributed by atoms with Crippen molar-refractivity contribution in [3.05, 3.63) is 29.8 Å². The Kier molecular flexibility index (Phi) is 13.7. The standard InChI is InChI=1S/C18H32N4O.HI/c1-5-12-20-18(19-6-2)21-15-16-8-10-17(11-9-16)23-14-7-13-22(3)4;/h8-11H,5-7,12-15H2,1-4H3,(H2,19,20,21);1H. The summed E-state index contributed by atoms with van der Waals surface area (Å²) >= 11 is 0. The second-order valence-electron chi connectivity index (χ2n) is 5.77. The zero-order valence-electron chi connectivity index (χ0n) is 15.5. The summed E-state index contributed by atoms with van der Waals surface area (Å²) in [4.78, 5) is 6.76. The second-order valence-corrected chi connectivity index (χ2v) is 5.77. The fourth-order valence-electron chi connectivity index (χ4n) is 2.02. The van der Waals surface area contributed by atoms with Gasteiger partial charge in [0.05, 0.1) is 13.2 Å². The van der Waals surface area contributed by atoms with Crippen molar-refractivity contribution in [1.29, 1.82) is 0 Å². The van der Waals surface area contributed by atoms with Crippen LogP contribution in [0.3, 0.4) is 0 Å². The van der Waals surface area contributed by atoms with Crippen LogP contribution in [0.4, 0.5) is 0 Å². The van der Waals surface area contributed by atoms with E-state index in [1.165, 1.54) is 5.56 Å². The van der Waals surface area contributed by atoms with Crippen molar-refractivity contribution in [2.75, 3.05) is 40.3 Å². The summed E-state index contributed by atoms with van der Waals surface area (Å²) in [6.07, 6.45) is 2.12. The maximum atomic E-state index is 5.74. The Morgan fingerprint density at radius 1 is 1.12 bits per heavy atom. The molecule has 0 bridgehead atoms. The first-order valence-electron chi connectivity index (χ1n) is 8.54. The maximum Gasteiger partial charge on any atom is 0.191 e. The van der Waals surface area contributed by atoms with E-state index in [0.29, 0.717) is 6.54 Å². The molecule has 1 aromatic rings. The third-order valence-electron chi connectivity index (χ3n) is 3.25. The number of guanidine groups is 1. The fourth-order valence-corrected chi connectivity index (χ4v) is 2.02. The molecule has 138 valence electrons. The van der Waals surface area contributed by atoms with Crippen LogP contribution in [0.15, 0.2) is 29.3 Å². The molecule has 0 aromatic heterocycles. The van der Waals surface area contributed by atoms with Crippen LogP contribution in [-0.4, -0.2) is 51.2 Å². The largest absolute Gasteiger partial charge is 0.494 e. The summed E-state index contributed by atoms with van der Waals surface area (Å²) in [5.41, 5.74) is 1.18. The van der Waals surface area contributed by atoms with Crippen molar-refractivity contribution in [3.8, 4) is 5.75 Å². The Morgan fingerprint density at radius 3 is 2.42 bits per heavy atom. The minimum Gasteiger partial charge on any atom is -0.494 e. The minimum absolute atomic E-state index is 0. The number of hydrogen-bond acceptors (Lipinski definition) is 3. The van der Waals surface area contributed by atoms with Crippen LogP contribution in [-0.2, 0) is 6.54 Å². The molecule has 0 aliphatic rings. The molecule has 0 amide bonds. The molecule has 0 saturated heterocycles. The lowest BCUT2D eigenvalue weighted by Crippen LogP contribution is -2.37. The van der Waals surface area contributed by atoms with Gasteiger partial charge in [-0.2, -0.15) is 0 Å². The van der Waals surface area contributed by atoms with Crippen LogP contribution < -0.4 is 15.4 Å². The zero-order chi connectivity index (χ0) is 16.9. The van der Waals surface area contributed by atoms with Gasteiger partial charge < -0.3 is 20.3 Å². The number of nitrogens with zero attached hydrogens (tertiary/aromatic N) is 2. The summed E-state index contributed by atoms with van der Waals surface area (Å²) in [7, 11) is 4.15. The van der Waals surface area contributed by atoms with Gasteiger partial charge in [0.2, 0.25) is 0 Å². The highest BCUT2D eigenvalue weighted by molar-refractivity contribution is 14.0. The molecule has 0 unspecified atom stereocenters. The van der Waals surface area contributed by atoms with E-state index in [2.05, 4.69) is 60.6 Å². The van der Waals surface area contributed by atoms with Crippen LogP contribution in [0.1, 0.15) is 32.3 Å². The first-order chi connectivity index (χ1) is 11.2. The van der Waals surface area contributed by atoms with Crippen molar-refractivity contribution in [2.24, 2.45) is 4.99 Å². The molecular weight excluding hydrogens is 415 g/mol. The number of hydrogen-bond donors (Lipinski definition) is 2. The summed E-state index contributed by atoms with van der Waals surface area (Å²) in [5.74, 6) is 1.80. The normalized spacial score (nSPS) is 11.1. The molecule has 0 heterocycles. The number of ether oxygens (including phenoxy) is 1. The molecular formula is C18H33IN4O. The second kappa shape index (κ2) is 14.3. The third-order valence-corrected chi connectivity index (χ3v) is 3.25. The predicted octanol–water partition coefficient (Wildman–Crippen LogP) is 3.10. The topological polar surface area (TPSA) is 48.9 Å². The van der Waals surface area contributed by atoms with E-state index in [9.17, 15) is 0 Å². The predicted molar refractivity (Wildman–Crippen MR) is 114 cm³/mol. The highest BCUT2D eigenvalue weighted by atomic mass is 127. The first kappa shape index (κ1) is 23.0. The average Bonchev–Trinajstić information content (AvgIpc) is 2.55. The lowest BCUT2D eigenvalue weighted by Gasteiger charge is -2.11. The number of halogens is 1. The van der Waals surface area contributed by atoms with Gasteiger partial charge in [0.25, 0.3) is 0 Å². The highest BCUT2D eigenvalue weighted by Gasteiger charge is 1.98. The molecule has 0 saturated carbocycles. The van der Waals surface area contributed by atoms with Gasteiger partial charge in [0.15, 0.2) is 5.96 Å². The fraction of sp³-hybridized carbons (Fsp3) is 0.611. The van der Waals surface area contributed by atoms with Gasteiger partial charge in [-0.1, -0.05) is 19.1 Å². The lowest BCUT2D eigenvalue weighted by atomic mass is 10.2. The average molecular weight is 448 g/mol. The van der Waals surface area contributed by atoms with E-state index in [1.54, 1.807) is 0 Å². The van der Waals surface area contributed by atoms with Crippen molar-refractivity contribution >= 4 is 29.9 Å². The lowest BCUT2D eigenvalue weighted by molar-refractivity contribution is 0.281. The van der Waals surface area contributed by atoms with Crippen LogP contribution >= 0.6 is 24.0 Å². The Bertz CT molecular complexity index is 449. The van der Waals surface area contributed by atoms with E-state index in [0.717, 1.165) is 50.8 Å². The smallest absolute Gasteiger partial charge is 0.191 e. The molecule has 1 rings (SSSR count). The van der Waals surface area contributed by atoms with Crippen LogP contribution in [0.2, 0.25) is 0 Å². The van der Waals surface area contributed by atoms with Gasteiger partial charge in [0, 0.05) is 19.6 Å². The molecule has 0 fully saturated rings. The van der Waals surface area contributed by atoms with Crippen LogP contribution in [0.25, 0.3) is 0 Å². The number of benzene rings is 1. The van der Waals surface area contributed by atoms with Gasteiger partial charge in [-0.3, -0.25) is 0 Å². The quantitative estimate of drug-likeness (QED) is 0.250. The van der Waals surface area contributed by atoms with E-state index >= 15 is 0 Å². The highest BCUT2D eigenvalue weighted by Crippen LogP contribution is 2.13. The van der Waals surface area contributed by atoms with Crippen molar-refractivity contribution < 1.29 is 4.74 Å². The third kappa shape index (κ3) is 10.7. The summed E-state index contributed by atoms with van der Waals surface area (Å²) in [6, 6.07) is 8.20. The minimum atomic E-state index is 0. The molecule has 0 aliphatic heterocycles. The molecule has 1 aromatic carbocycles. The molecule has 0 radical (unpaired) electrons. The SMILES string of the molecule is CCCNC(=NCc1ccc(OCCCN(C)C)cc1)NCC.I. The molecule has 6 heteroatoms. The monoisotopic (exact) mass is 448 g/mol. The number of nitrogens with one attached hydrogen (secondary N) is 2. The van der Waals surface area contributed by atoms with Gasteiger partial charge in [0.1, 0.15) is 5.75 Å². The van der Waals surface area contributed by atoms with Crippen LogP contribution in [0.5, 0.6) is 5.75 Å². The molecule has 0 spiro atoms.